The quantitative estimate of drug-likeness (QED) is 0.904. The molecule has 0 aliphatic heterocycles. The average molecular weight is 295 g/mol. The van der Waals surface area contributed by atoms with Crippen molar-refractivity contribution < 1.29 is 17.9 Å². The predicted octanol–water partition coefficient (Wildman–Crippen LogP) is 4.02. The monoisotopic (exact) mass is 295 g/mol. The fourth-order valence-corrected chi connectivity index (χ4v) is 1.69. The molecule has 0 unspecified atom stereocenters. The fraction of sp³-hybridized carbons (Fsp3) is 0.375. The van der Waals surface area contributed by atoms with E-state index in [2.05, 4.69) is 26.1 Å². The summed E-state index contributed by atoms with van der Waals surface area (Å²) in [6, 6.07) is 7.42. The lowest BCUT2D eigenvalue weighted by Gasteiger charge is -2.19. The van der Waals surface area contributed by atoms with E-state index in [4.69, 9.17) is 9.15 Å². The van der Waals surface area contributed by atoms with Crippen molar-refractivity contribution in [3.63, 3.8) is 0 Å². The summed E-state index contributed by atoms with van der Waals surface area (Å²) in [6.45, 7) is 6.83. The van der Waals surface area contributed by atoms with Gasteiger partial charge in [0.05, 0.1) is 6.54 Å². The van der Waals surface area contributed by atoms with Gasteiger partial charge in [-0.15, -0.1) is 0 Å². The van der Waals surface area contributed by atoms with Crippen LogP contribution in [0, 0.1) is 11.6 Å². The van der Waals surface area contributed by atoms with Crippen LogP contribution in [0.4, 0.5) is 8.78 Å². The third kappa shape index (κ3) is 4.56. The van der Waals surface area contributed by atoms with Crippen molar-refractivity contribution in [1.29, 1.82) is 0 Å². The normalized spacial score (nSPS) is 11.7. The summed E-state index contributed by atoms with van der Waals surface area (Å²) >= 11 is 0. The van der Waals surface area contributed by atoms with Crippen molar-refractivity contribution in [2.45, 2.75) is 39.5 Å². The Morgan fingerprint density at radius 1 is 1.10 bits per heavy atom. The minimum absolute atomic E-state index is 0.00581. The van der Waals surface area contributed by atoms with Gasteiger partial charge in [0.2, 0.25) is 5.82 Å². The number of benzene rings is 1. The molecule has 0 saturated carbocycles. The van der Waals surface area contributed by atoms with Crippen molar-refractivity contribution >= 4 is 0 Å². The molecule has 5 heteroatoms. The molecule has 0 saturated heterocycles. The zero-order valence-electron chi connectivity index (χ0n) is 12.4. The van der Waals surface area contributed by atoms with Crippen molar-refractivity contribution in [2.75, 3.05) is 0 Å². The van der Waals surface area contributed by atoms with Crippen LogP contribution in [0.25, 0.3) is 0 Å². The Labute approximate surface area is 122 Å². The standard InChI is InChI=1S/C16H19F2NO2/c1-16(2,3)19-9-11-7-8-12(21-11)10-20-14-6-4-5-13(17)15(14)18/h4-8,19H,9-10H2,1-3H3. The first-order valence-corrected chi connectivity index (χ1v) is 6.74. The number of hydrogen-bond donors (Lipinski definition) is 1. The maximum absolute atomic E-state index is 13.4. The Balaban J connectivity index is 1.92. The van der Waals surface area contributed by atoms with Gasteiger partial charge >= 0.3 is 0 Å². The number of ether oxygens (including phenoxy) is 1. The number of nitrogens with one attached hydrogen (secondary N) is 1. The van der Waals surface area contributed by atoms with Crippen LogP contribution in [0.3, 0.4) is 0 Å². The summed E-state index contributed by atoms with van der Waals surface area (Å²) in [5.41, 5.74) is -0.00581. The van der Waals surface area contributed by atoms with Crippen molar-refractivity contribution in [3.8, 4) is 5.75 Å². The molecule has 1 heterocycles. The van der Waals surface area contributed by atoms with Gasteiger partial charge in [0.1, 0.15) is 18.1 Å². The van der Waals surface area contributed by atoms with Crippen LogP contribution < -0.4 is 10.1 Å². The summed E-state index contributed by atoms with van der Waals surface area (Å²) in [4.78, 5) is 0. The van der Waals surface area contributed by atoms with Gasteiger partial charge < -0.3 is 14.5 Å². The van der Waals surface area contributed by atoms with Gasteiger partial charge in [0.25, 0.3) is 0 Å². The summed E-state index contributed by atoms with van der Waals surface area (Å²) < 4.78 is 37.3. The van der Waals surface area contributed by atoms with E-state index in [1.165, 1.54) is 12.1 Å². The van der Waals surface area contributed by atoms with Crippen LogP contribution >= 0.6 is 0 Å². The molecule has 0 bridgehead atoms. The highest BCUT2D eigenvalue weighted by Gasteiger charge is 2.12. The van der Waals surface area contributed by atoms with Crippen LogP contribution in [0.1, 0.15) is 32.3 Å². The van der Waals surface area contributed by atoms with Gasteiger partial charge in [0.15, 0.2) is 11.6 Å². The van der Waals surface area contributed by atoms with Gasteiger partial charge in [-0.3, -0.25) is 0 Å². The first-order valence-electron chi connectivity index (χ1n) is 6.74. The van der Waals surface area contributed by atoms with Crippen molar-refractivity contribution in [1.82, 2.24) is 5.32 Å². The molecule has 1 aromatic heterocycles. The smallest absolute Gasteiger partial charge is 0.200 e. The predicted molar refractivity (Wildman–Crippen MR) is 76.0 cm³/mol. The molecule has 0 atom stereocenters. The van der Waals surface area contributed by atoms with Gasteiger partial charge in [0, 0.05) is 5.54 Å². The number of furan rings is 1. The van der Waals surface area contributed by atoms with Crippen LogP contribution in [0.2, 0.25) is 0 Å². The Bertz CT molecular complexity index is 603. The molecule has 0 amide bonds. The van der Waals surface area contributed by atoms with Crippen molar-refractivity contribution in [2.24, 2.45) is 0 Å². The second-order valence-corrected chi connectivity index (χ2v) is 5.81. The van der Waals surface area contributed by atoms with Crippen molar-refractivity contribution in [3.05, 3.63) is 53.5 Å². The van der Waals surface area contributed by atoms with E-state index in [0.29, 0.717) is 12.3 Å². The molecule has 2 aromatic rings. The Morgan fingerprint density at radius 3 is 2.52 bits per heavy atom. The summed E-state index contributed by atoms with van der Waals surface area (Å²) in [5, 5.41) is 3.30. The maximum atomic E-state index is 13.4. The molecule has 3 nitrogen and oxygen atoms in total. The zero-order valence-corrected chi connectivity index (χ0v) is 12.4. The molecule has 2 rings (SSSR count). The number of rotatable bonds is 5. The molecule has 0 aliphatic rings. The lowest BCUT2D eigenvalue weighted by Crippen LogP contribution is -2.34. The highest BCUT2D eigenvalue weighted by Crippen LogP contribution is 2.21. The fourth-order valence-electron chi connectivity index (χ4n) is 1.69. The van der Waals surface area contributed by atoms with Gasteiger partial charge in [-0.1, -0.05) is 6.07 Å². The van der Waals surface area contributed by atoms with E-state index in [-0.39, 0.29) is 17.9 Å². The summed E-state index contributed by atoms with van der Waals surface area (Å²) in [5.74, 6) is -0.714. The van der Waals surface area contributed by atoms with E-state index in [1.807, 2.05) is 6.07 Å². The Morgan fingerprint density at radius 2 is 1.81 bits per heavy atom. The molecule has 114 valence electrons. The third-order valence-corrected chi connectivity index (χ3v) is 2.80. The maximum Gasteiger partial charge on any atom is 0.200 e. The van der Waals surface area contributed by atoms with E-state index in [0.717, 1.165) is 11.8 Å². The second-order valence-electron chi connectivity index (χ2n) is 5.81. The highest BCUT2D eigenvalue weighted by molar-refractivity contribution is 5.25. The second kappa shape index (κ2) is 6.26. The van der Waals surface area contributed by atoms with Crippen LogP contribution in [-0.4, -0.2) is 5.54 Å². The molecule has 0 aliphatic carbocycles. The van der Waals surface area contributed by atoms with E-state index in [1.54, 1.807) is 6.07 Å². The highest BCUT2D eigenvalue weighted by atomic mass is 19.2. The first kappa shape index (κ1) is 15.5. The minimum atomic E-state index is -0.987. The van der Waals surface area contributed by atoms with Gasteiger partial charge in [-0.05, 0) is 45.0 Å². The van der Waals surface area contributed by atoms with Crippen LogP contribution in [0.5, 0.6) is 5.75 Å². The Kier molecular flexibility index (Phi) is 4.63. The SMILES string of the molecule is CC(C)(C)NCc1ccc(COc2cccc(F)c2F)o1. The first-order chi connectivity index (χ1) is 9.85. The molecule has 1 aromatic carbocycles. The summed E-state index contributed by atoms with van der Waals surface area (Å²) in [6.07, 6.45) is 0. The molecule has 0 spiro atoms. The van der Waals surface area contributed by atoms with E-state index >= 15 is 0 Å². The largest absolute Gasteiger partial charge is 0.482 e. The van der Waals surface area contributed by atoms with E-state index < -0.39 is 11.6 Å². The van der Waals surface area contributed by atoms with Crippen LogP contribution in [0.15, 0.2) is 34.7 Å². The number of hydrogen-bond acceptors (Lipinski definition) is 3. The molecule has 0 radical (unpaired) electrons. The topological polar surface area (TPSA) is 34.4 Å². The van der Waals surface area contributed by atoms with Gasteiger partial charge in [-0.2, -0.15) is 4.39 Å². The number of halogens is 2. The minimum Gasteiger partial charge on any atom is -0.482 e. The molecule has 0 fully saturated rings. The summed E-state index contributed by atoms with van der Waals surface area (Å²) in [7, 11) is 0. The zero-order chi connectivity index (χ0) is 15.5. The molecular weight excluding hydrogens is 276 g/mol. The Hall–Kier alpha value is -1.88. The van der Waals surface area contributed by atoms with Crippen LogP contribution in [-0.2, 0) is 13.2 Å². The lowest BCUT2D eigenvalue weighted by molar-refractivity contribution is 0.249. The molecule has 21 heavy (non-hydrogen) atoms. The average Bonchev–Trinajstić information content (AvgIpc) is 2.85. The molecule has 1 N–H and O–H groups in total. The lowest BCUT2D eigenvalue weighted by atomic mass is 10.1. The van der Waals surface area contributed by atoms with Gasteiger partial charge in [-0.25, -0.2) is 4.39 Å². The molecular formula is C16H19F2NO2. The third-order valence-electron chi connectivity index (χ3n) is 2.80. The van der Waals surface area contributed by atoms with E-state index in [9.17, 15) is 8.78 Å².